The minimum atomic E-state index is -4.46. The van der Waals surface area contributed by atoms with Gasteiger partial charge in [0.25, 0.3) is 0 Å². The average Bonchev–Trinajstić information content (AvgIpc) is 3.33. The van der Waals surface area contributed by atoms with Gasteiger partial charge in [0.1, 0.15) is 0 Å². The molecule has 172 valence electrons. The molecule has 1 aliphatic rings. The second-order valence-electron chi connectivity index (χ2n) is 7.92. The number of hydrogen-bond acceptors (Lipinski definition) is 4. The van der Waals surface area contributed by atoms with Crippen LogP contribution in [0.1, 0.15) is 38.4 Å². The number of halogens is 3. The first-order valence-corrected chi connectivity index (χ1v) is 10.3. The molecule has 1 aromatic heterocycles. The maximum absolute atomic E-state index is 13.1. The van der Waals surface area contributed by atoms with E-state index in [9.17, 15) is 22.8 Å². The molecule has 0 bridgehead atoms. The van der Waals surface area contributed by atoms with Gasteiger partial charge >= 0.3 is 12.1 Å². The fourth-order valence-electron chi connectivity index (χ4n) is 4.15. The van der Waals surface area contributed by atoms with Gasteiger partial charge < -0.3 is 9.64 Å². The van der Waals surface area contributed by atoms with E-state index in [1.807, 2.05) is 0 Å². The number of methoxy groups -OCH3 is 1. The molecule has 3 aromatic rings. The van der Waals surface area contributed by atoms with Crippen molar-refractivity contribution >= 4 is 17.6 Å². The van der Waals surface area contributed by atoms with Crippen LogP contribution in [-0.4, -0.2) is 35.3 Å². The van der Waals surface area contributed by atoms with E-state index in [1.165, 1.54) is 17.9 Å². The van der Waals surface area contributed by atoms with Crippen LogP contribution in [0.4, 0.5) is 18.9 Å². The standard InChI is InChI=1S/C24H22F3N3O3/c1-14-20(15(2)30(28-14)19-6-4-5-18(12-19)24(25,26)27)13-22(31)29-10-9-16-11-17(23(32)33-3)7-8-21(16)29/h4-8,11-12H,9-10,13H2,1-3H3. The summed E-state index contributed by atoms with van der Waals surface area (Å²) in [5.74, 6) is -0.579. The Bertz CT molecular complexity index is 1250. The molecule has 0 fully saturated rings. The molecule has 0 saturated carbocycles. The molecule has 6 nitrogen and oxygen atoms in total. The summed E-state index contributed by atoms with van der Waals surface area (Å²) in [7, 11) is 1.32. The van der Waals surface area contributed by atoms with Crippen molar-refractivity contribution in [3.8, 4) is 5.69 Å². The summed E-state index contributed by atoms with van der Waals surface area (Å²) >= 11 is 0. The van der Waals surface area contributed by atoms with E-state index in [-0.39, 0.29) is 18.0 Å². The third-order valence-electron chi connectivity index (χ3n) is 5.88. The van der Waals surface area contributed by atoms with Crippen molar-refractivity contribution in [1.82, 2.24) is 9.78 Å². The largest absolute Gasteiger partial charge is 0.465 e. The molecular weight excluding hydrogens is 435 g/mol. The summed E-state index contributed by atoms with van der Waals surface area (Å²) in [6.45, 7) is 3.96. The Morgan fingerprint density at radius 3 is 2.58 bits per heavy atom. The second kappa shape index (κ2) is 8.38. The van der Waals surface area contributed by atoms with Crippen LogP contribution in [0, 0.1) is 13.8 Å². The summed E-state index contributed by atoms with van der Waals surface area (Å²) in [5.41, 5.74) is 3.46. The molecule has 33 heavy (non-hydrogen) atoms. The molecule has 2 aromatic carbocycles. The monoisotopic (exact) mass is 457 g/mol. The number of rotatable bonds is 4. The van der Waals surface area contributed by atoms with Gasteiger partial charge in [0.05, 0.1) is 36.0 Å². The second-order valence-corrected chi connectivity index (χ2v) is 7.92. The average molecular weight is 457 g/mol. The molecule has 4 rings (SSSR count). The zero-order chi connectivity index (χ0) is 23.9. The Morgan fingerprint density at radius 1 is 1.12 bits per heavy atom. The van der Waals surface area contributed by atoms with Crippen molar-refractivity contribution in [3.05, 3.63) is 76.1 Å². The molecule has 0 saturated heterocycles. The van der Waals surface area contributed by atoms with Crippen LogP contribution in [0.5, 0.6) is 0 Å². The molecule has 2 heterocycles. The number of esters is 1. The summed E-state index contributed by atoms with van der Waals surface area (Å²) in [6.07, 6.45) is -3.77. The maximum Gasteiger partial charge on any atom is 0.416 e. The maximum atomic E-state index is 13.1. The predicted molar refractivity (Wildman–Crippen MR) is 116 cm³/mol. The Balaban J connectivity index is 1.59. The van der Waals surface area contributed by atoms with Crippen molar-refractivity contribution in [2.45, 2.75) is 32.9 Å². The van der Waals surface area contributed by atoms with E-state index >= 15 is 0 Å². The van der Waals surface area contributed by atoms with Gasteiger partial charge in [0.2, 0.25) is 5.91 Å². The fraction of sp³-hybridized carbons (Fsp3) is 0.292. The molecule has 0 unspecified atom stereocenters. The van der Waals surface area contributed by atoms with E-state index < -0.39 is 17.7 Å². The Kier molecular flexibility index (Phi) is 5.73. The summed E-state index contributed by atoms with van der Waals surface area (Å²) in [4.78, 5) is 26.6. The number of hydrogen-bond donors (Lipinski definition) is 0. The van der Waals surface area contributed by atoms with E-state index in [0.29, 0.717) is 35.5 Å². The van der Waals surface area contributed by atoms with E-state index in [2.05, 4.69) is 5.10 Å². The van der Waals surface area contributed by atoms with Crippen LogP contribution in [0.15, 0.2) is 42.5 Å². The van der Waals surface area contributed by atoms with Crippen LogP contribution in [0.2, 0.25) is 0 Å². The number of anilines is 1. The van der Waals surface area contributed by atoms with Gasteiger partial charge in [-0.15, -0.1) is 0 Å². The van der Waals surface area contributed by atoms with Crippen molar-refractivity contribution < 1.29 is 27.5 Å². The minimum Gasteiger partial charge on any atom is -0.465 e. The summed E-state index contributed by atoms with van der Waals surface area (Å²) < 4.78 is 45.5. The number of aromatic nitrogens is 2. The van der Waals surface area contributed by atoms with Crippen LogP contribution >= 0.6 is 0 Å². The molecular formula is C24H22F3N3O3. The van der Waals surface area contributed by atoms with Gasteiger partial charge in [0, 0.05) is 23.5 Å². The van der Waals surface area contributed by atoms with Crippen molar-refractivity contribution in [1.29, 1.82) is 0 Å². The van der Waals surface area contributed by atoms with Gasteiger partial charge in [-0.05, 0) is 62.2 Å². The van der Waals surface area contributed by atoms with Crippen molar-refractivity contribution in [3.63, 3.8) is 0 Å². The zero-order valence-electron chi connectivity index (χ0n) is 18.4. The molecule has 9 heteroatoms. The highest BCUT2D eigenvalue weighted by Crippen LogP contribution is 2.32. The zero-order valence-corrected chi connectivity index (χ0v) is 18.4. The molecule has 0 atom stereocenters. The highest BCUT2D eigenvalue weighted by atomic mass is 19.4. The normalized spacial score (nSPS) is 13.2. The third kappa shape index (κ3) is 4.22. The Hall–Kier alpha value is -3.62. The molecule has 1 amide bonds. The van der Waals surface area contributed by atoms with E-state index in [0.717, 1.165) is 23.4 Å². The van der Waals surface area contributed by atoms with Crippen molar-refractivity contribution in [2.24, 2.45) is 0 Å². The highest BCUT2D eigenvalue weighted by molar-refractivity contribution is 5.98. The number of fused-ring (bicyclic) bond motifs is 1. The fourth-order valence-corrected chi connectivity index (χ4v) is 4.15. The molecule has 0 radical (unpaired) electrons. The van der Waals surface area contributed by atoms with Crippen LogP contribution in [-0.2, 0) is 28.5 Å². The van der Waals surface area contributed by atoms with Crippen LogP contribution < -0.4 is 4.90 Å². The number of benzene rings is 2. The highest BCUT2D eigenvalue weighted by Gasteiger charge is 2.31. The van der Waals surface area contributed by atoms with Gasteiger partial charge in [-0.2, -0.15) is 18.3 Å². The first kappa shape index (κ1) is 22.6. The Labute approximate surface area is 188 Å². The molecule has 1 aliphatic heterocycles. The SMILES string of the molecule is COC(=O)c1ccc2c(c1)CCN2C(=O)Cc1c(C)nn(-c2cccc(C(F)(F)F)c2)c1C. The van der Waals surface area contributed by atoms with Gasteiger partial charge in [0.15, 0.2) is 0 Å². The first-order valence-electron chi connectivity index (χ1n) is 10.3. The Morgan fingerprint density at radius 2 is 1.88 bits per heavy atom. The van der Waals surface area contributed by atoms with Gasteiger partial charge in [-0.25, -0.2) is 9.48 Å². The lowest BCUT2D eigenvalue weighted by molar-refractivity contribution is -0.137. The number of alkyl halides is 3. The molecule has 0 aliphatic carbocycles. The first-order chi connectivity index (χ1) is 15.6. The minimum absolute atomic E-state index is 0.0643. The van der Waals surface area contributed by atoms with Crippen LogP contribution in [0.3, 0.4) is 0 Å². The van der Waals surface area contributed by atoms with Crippen LogP contribution in [0.25, 0.3) is 5.69 Å². The van der Waals surface area contributed by atoms with Crippen molar-refractivity contribution in [2.75, 3.05) is 18.6 Å². The lowest BCUT2D eigenvalue weighted by Crippen LogP contribution is -2.30. The lowest BCUT2D eigenvalue weighted by Gasteiger charge is -2.18. The number of amides is 1. The van der Waals surface area contributed by atoms with E-state index in [1.54, 1.807) is 43.0 Å². The lowest BCUT2D eigenvalue weighted by atomic mass is 10.1. The summed E-state index contributed by atoms with van der Waals surface area (Å²) in [6, 6.07) is 10.0. The smallest absolute Gasteiger partial charge is 0.416 e. The number of nitrogens with zero attached hydrogens (tertiary/aromatic N) is 3. The number of ether oxygens (including phenoxy) is 1. The number of aryl methyl sites for hydroxylation is 1. The third-order valence-corrected chi connectivity index (χ3v) is 5.88. The van der Waals surface area contributed by atoms with Gasteiger partial charge in [-0.3, -0.25) is 4.79 Å². The topological polar surface area (TPSA) is 64.4 Å². The number of carbonyl (C=O) groups is 2. The van der Waals surface area contributed by atoms with E-state index in [4.69, 9.17) is 4.74 Å². The molecule has 0 N–H and O–H groups in total. The molecule has 0 spiro atoms. The predicted octanol–water partition coefficient (Wildman–Crippen LogP) is 4.43. The summed E-state index contributed by atoms with van der Waals surface area (Å²) in [5, 5.41) is 4.40. The quantitative estimate of drug-likeness (QED) is 0.544. The van der Waals surface area contributed by atoms with Gasteiger partial charge in [-0.1, -0.05) is 6.07 Å². The number of carbonyl (C=O) groups excluding carboxylic acids is 2.